The normalized spacial score (nSPS) is 12.9. The Bertz CT molecular complexity index is 3570. The van der Waals surface area contributed by atoms with Crippen molar-refractivity contribution in [1.82, 2.24) is 15.0 Å². The molecule has 0 saturated heterocycles. The van der Waals surface area contributed by atoms with Gasteiger partial charge in [0.2, 0.25) is 5.78 Å². The molecule has 2 aliphatic heterocycles. The number of amides is 3. The van der Waals surface area contributed by atoms with E-state index < -0.39 is 87.5 Å². The van der Waals surface area contributed by atoms with E-state index in [4.69, 9.17) is 65.5 Å². The van der Waals surface area contributed by atoms with Crippen LogP contribution in [-0.2, 0) is 51.6 Å². The lowest BCUT2D eigenvalue weighted by molar-refractivity contribution is -0.138. The molecule has 422 valence electrons. The minimum absolute atomic E-state index is 0. The number of nitrogens with zero attached hydrogens (tertiary/aromatic N) is 4. The maximum atomic E-state index is 13.3. The van der Waals surface area contributed by atoms with Crippen LogP contribution in [0.3, 0.4) is 0 Å². The maximum Gasteiger partial charge on any atom is 0.417 e. The van der Waals surface area contributed by atoms with E-state index in [1.807, 2.05) is 0 Å². The number of rotatable bonds is 12. The fourth-order valence-electron chi connectivity index (χ4n) is 6.73. The average Bonchev–Trinajstić information content (AvgIpc) is 3.44. The summed E-state index contributed by atoms with van der Waals surface area (Å²) >= 11 is 26.0. The van der Waals surface area contributed by atoms with Crippen molar-refractivity contribution in [3.8, 4) is 11.5 Å². The number of anilines is 4. The fraction of sp³-hybridized carbons (Fsp3) is 0.191. The quantitative estimate of drug-likeness (QED) is 0.0339. The molecule has 0 unspecified atom stereocenters. The number of aromatic nitrogens is 2. The Hall–Kier alpha value is -6.50. The average molecular weight is 1290 g/mol. The van der Waals surface area contributed by atoms with Crippen LogP contribution in [-0.4, -0.2) is 96.6 Å². The van der Waals surface area contributed by atoms with E-state index in [2.05, 4.69) is 41.3 Å². The number of fused-ring (bicyclic) bond motifs is 2. The van der Waals surface area contributed by atoms with Crippen molar-refractivity contribution in [2.45, 2.75) is 29.6 Å². The molecule has 32 heteroatoms. The molecule has 0 radical (unpaired) electrons. The third-order valence-electron chi connectivity index (χ3n) is 10.3. The first-order valence-electron chi connectivity index (χ1n) is 21.2. The van der Waals surface area contributed by atoms with Gasteiger partial charge in [-0.15, -0.1) is 0 Å². The molecule has 19 nitrogen and oxygen atoms in total. The predicted octanol–water partition coefficient (Wildman–Crippen LogP) is 11.0. The van der Waals surface area contributed by atoms with Crippen LogP contribution in [0.1, 0.15) is 45.0 Å². The fourth-order valence-corrected chi connectivity index (χ4v) is 10.5. The third-order valence-corrected chi connectivity index (χ3v) is 15.1. The monoisotopic (exact) mass is 1290 g/mol. The Morgan fingerprint density at radius 3 is 1.76 bits per heavy atom. The number of nitrogens with one attached hydrogen (secondary N) is 3. The summed E-state index contributed by atoms with van der Waals surface area (Å²) in [4.78, 5) is 59.2. The highest BCUT2D eigenvalue weighted by Crippen LogP contribution is 2.40. The second-order valence-corrected chi connectivity index (χ2v) is 21.5. The van der Waals surface area contributed by atoms with Crippen molar-refractivity contribution < 1.29 is 81.4 Å². The minimum Gasteiger partial charge on any atom is -0.481 e. The van der Waals surface area contributed by atoms with E-state index in [9.17, 15) is 62.4 Å². The second kappa shape index (κ2) is 25.7. The van der Waals surface area contributed by atoms with Crippen molar-refractivity contribution in [2.24, 2.45) is 0 Å². The topological polar surface area (TPSA) is 242 Å². The maximum absolute atomic E-state index is 13.3. The van der Waals surface area contributed by atoms with Crippen molar-refractivity contribution >= 4 is 129 Å². The van der Waals surface area contributed by atoms with Gasteiger partial charge in [-0.05, 0) is 88.7 Å². The minimum atomic E-state index is -4.90. The molecule has 0 spiro atoms. The van der Waals surface area contributed by atoms with E-state index in [-0.39, 0.29) is 75.5 Å². The standard InChI is InChI=1S/C21H12Cl2F3N3O5S.C14H10BrCl2F3N2O3S.C11H12N2O4.CH4/c22-10-6-16(29-35(32,33)11-4-5-14(23)13(7-11)21(24,25)26)18(27-8-10)19(31)12-2-1-3-15-20(12)34-9-17(30)28-15;1-25-7-22(12-4-8(16)6-21-13(12)15)26(23,24)9-2-3-11(17)10(5-9)14(18,19)20;1-13(16-2)11(15)7-4-3-5-8-10(7)17-6-9(14)12-8;/h1-8,29H,9H2,(H,28,30);2-6H,7H2,1H3;3-5H,6H2,1-2H3,(H,12,14);1H4. The SMILES string of the molecule is C.COCN(c1cc(Cl)cnc1Br)S(=O)(=O)c1ccc(Cl)c(C(F)(F)F)c1.CON(C)C(=O)c1cccc2c1OCC(=O)N2.O=C1COc2c(cccc2C(=O)c2ncc(Cl)cc2NS(=O)(=O)c2ccc(Cl)c(C(F)(F)F)c2)N1. The smallest absolute Gasteiger partial charge is 0.417 e. The Morgan fingerprint density at radius 1 is 0.734 bits per heavy atom. The highest BCUT2D eigenvalue weighted by molar-refractivity contribution is 9.10. The zero-order chi connectivity index (χ0) is 57.7. The van der Waals surface area contributed by atoms with Gasteiger partial charge in [-0.25, -0.2) is 36.2 Å². The van der Waals surface area contributed by atoms with Crippen molar-refractivity contribution in [1.29, 1.82) is 0 Å². The number of alkyl halides is 6. The third kappa shape index (κ3) is 15.0. The van der Waals surface area contributed by atoms with Gasteiger partial charge in [-0.3, -0.25) is 28.7 Å². The van der Waals surface area contributed by atoms with Gasteiger partial charge in [0, 0.05) is 26.6 Å². The number of benzene rings is 4. The molecule has 0 atom stereocenters. The Labute approximate surface area is 474 Å². The lowest BCUT2D eigenvalue weighted by Gasteiger charge is -2.24. The van der Waals surface area contributed by atoms with Crippen LogP contribution >= 0.6 is 62.3 Å². The van der Waals surface area contributed by atoms with Crippen molar-refractivity contribution in [3.63, 3.8) is 0 Å². The van der Waals surface area contributed by atoms with Crippen LogP contribution in [0.15, 0.2) is 112 Å². The second-order valence-electron chi connectivity index (χ2n) is 15.5. The number of para-hydroxylation sites is 2. The molecule has 2 aromatic heterocycles. The first-order valence-corrected chi connectivity index (χ1v) is 26.4. The summed E-state index contributed by atoms with van der Waals surface area (Å²) < 4.78 is 149. The zero-order valence-corrected chi connectivity index (χ0v) is 45.8. The van der Waals surface area contributed by atoms with Gasteiger partial charge in [0.25, 0.3) is 37.8 Å². The van der Waals surface area contributed by atoms with Crippen LogP contribution < -0.4 is 29.1 Å². The molecular formula is C47H38BrCl4F6N7O12S2. The number of ether oxygens (including phenoxy) is 3. The number of hydrogen-bond donors (Lipinski definition) is 3. The summed E-state index contributed by atoms with van der Waals surface area (Å²) in [7, 11) is -4.94. The van der Waals surface area contributed by atoms with Gasteiger partial charge < -0.3 is 24.8 Å². The molecule has 2 aliphatic rings. The first kappa shape index (κ1) is 63.3. The van der Waals surface area contributed by atoms with Crippen LogP contribution in [0.25, 0.3) is 0 Å². The number of hydrogen-bond acceptors (Lipinski definition) is 14. The molecule has 6 aromatic rings. The lowest BCUT2D eigenvalue weighted by Crippen LogP contribution is -2.33. The molecule has 8 rings (SSSR count). The highest BCUT2D eigenvalue weighted by Gasteiger charge is 2.37. The Kier molecular flexibility index (Phi) is 20.6. The van der Waals surface area contributed by atoms with Crippen molar-refractivity contribution in [2.75, 3.05) is 60.9 Å². The molecule has 3 amide bonds. The van der Waals surface area contributed by atoms with E-state index in [0.717, 1.165) is 45.9 Å². The van der Waals surface area contributed by atoms with E-state index in [0.29, 0.717) is 29.1 Å². The van der Waals surface area contributed by atoms with Gasteiger partial charge in [-0.1, -0.05) is 66.0 Å². The van der Waals surface area contributed by atoms with Gasteiger partial charge in [0.1, 0.15) is 17.0 Å². The molecule has 0 fully saturated rings. The largest absolute Gasteiger partial charge is 0.481 e. The Balaban J connectivity index is 0.000000230. The summed E-state index contributed by atoms with van der Waals surface area (Å²) in [6.07, 6.45) is -7.35. The van der Waals surface area contributed by atoms with E-state index in [1.165, 1.54) is 51.7 Å². The lowest BCUT2D eigenvalue weighted by atomic mass is 10.0. The molecule has 0 saturated carbocycles. The number of methoxy groups -OCH3 is 1. The van der Waals surface area contributed by atoms with Gasteiger partial charge in [-0.2, -0.15) is 26.3 Å². The first-order chi connectivity index (χ1) is 36.5. The number of sulfonamides is 2. The number of ketones is 1. The molecule has 3 N–H and O–H groups in total. The number of carbonyl (C=O) groups excluding carboxylic acids is 4. The molecule has 0 aliphatic carbocycles. The highest BCUT2D eigenvalue weighted by atomic mass is 79.9. The zero-order valence-electron chi connectivity index (χ0n) is 39.5. The molecule has 4 heterocycles. The number of hydroxylamine groups is 2. The number of pyridine rings is 2. The van der Waals surface area contributed by atoms with E-state index in [1.54, 1.807) is 18.2 Å². The summed E-state index contributed by atoms with van der Waals surface area (Å²) in [5.74, 6) is -1.36. The van der Waals surface area contributed by atoms with Gasteiger partial charge in [0.05, 0.1) is 82.0 Å². The van der Waals surface area contributed by atoms with Crippen LogP contribution in [0.4, 0.5) is 49.1 Å². The van der Waals surface area contributed by atoms with Gasteiger partial charge >= 0.3 is 12.4 Å². The predicted molar refractivity (Wildman–Crippen MR) is 282 cm³/mol. The van der Waals surface area contributed by atoms with Crippen molar-refractivity contribution in [3.05, 3.63) is 150 Å². The summed E-state index contributed by atoms with van der Waals surface area (Å²) in [5.41, 5.74) is -2.36. The summed E-state index contributed by atoms with van der Waals surface area (Å²) in [6, 6.07) is 16.0. The number of halogens is 11. The van der Waals surface area contributed by atoms with Crippen LogP contribution in [0.5, 0.6) is 11.5 Å². The molecule has 4 aromatic carbocycles. The Morgan fingerprint density at radius 2 is 1.23 bits per heavy atom. The molecule has 79 heavy (non-hydrogen) atoms. The van der Waals surface area contributed by atoms with E-state index >= 15 is 0 Å². The van der Waals surface area contributed by atoms with Crippen LogP contribution in [0, 0.1) is 0 Å². The van der Waals surface area contributed by atoms with Gasteiger partial charge in [0.15, 0.2) is 24.7 Å². The number of carbonyl (C=O) groups is 4. The summed E-state index contributed by atoms with van der Waals surface area (Å²) in [6.45, 7) is -0.913. The molecular weight excluding hydrogens is 1250 g/mol. The summed E-state index contributed by atoms with van der Waals surface area (Å²) in [5, 5.41) is 5.06. The molecule has 0 bridgehead atoms. The van der Waals surface area contributed by atoms with Crippen LogP contribution in [0.2, 0.25) is 20.1 Å².